The van der Waals surface area contributed by atoms with Crippen molar-refractivity contribution in [2.45, 2.75) is 0 Å². The molecule has 1 aliphatic heterocycles. The Bertz CT molecular complexity index is 499. The number of hydrogen-bond acceptors (Lipinski definition) is 5. The largest absolute Gasteiger partial charge is 0.495 e. The minimum atomic E-state index is -2.84. The van der Waals surface area contributed by atoms with E-state index >= 15 is 0 Å². The Balaban J connectivity index is 2.16. The summed E-state index contributed by atoms with van der Waals surface area (Å²) in [6, 6.07) is 5.51. The molecule has 0 aliphatic carbocycles. The molecule has 0 saturated carbocycles. The van der Waals surface area contributed by atoms with Gasteiger partial charge in [0.1, 0.15) is 5.75 Å². The molecule has 0 spiro atoms. The van der Waals surface area contributed by atoms with E-state index in [4.69, 9.17) is 10.5 Å². The normalized spacial score (nSPS) is 19.0. The molecule has 6 heteroatoms. The van der Waals surface area contributed by atoms with Crippen LogP contribution in [0.3, 0.4) is 0 Å². The highest BCUT2D eigenvalue weighted by molar-refractivity contribution is 7.91. The first-order valence-electron chi connectivity index (χ1n) is 5.41. The van der Waals surface area contributed by atoms with E-state index in [1.54, 1.807) is 13.2 Å². The zero-order valence-electron chi connectivity index (χ0n) is 9.72. The fourth-order valence-corrected chi connectivity index (χ4v) is 3.09. The van der Waals surface area contributed by atoms with E-state index in [2.05, 4.69) is 0 Å². The van der Waals surface area contributed by atoms with E-state index in [1.165, 1.54) is 0 Å². The third kappa shape index (κ3) is 2.63. The number of rotatable bonds is 2. The molecule has 1 aromatic rings. The smallest absolute Gasteiger partial charge is 0.153 e. The van der Waals surface area contributed by atoms with Gasteiger partial charge in [0, 0.05) is 18.8 Å². The van der Waals surface area contributed by atoms with Crippen molar-refractivity contribution in [1.82, 2.24) is 0 Å². The first-order chi connectivity index (χ1) is 8.02. The number of nitrogens with two attached hydrogens (primary N) is 1. The van der Waals surface area contributed by atoms with Gasteiger partial charge in [-0.3, -0.25) is 0 Å². The Morgan fingerprint density at radius 2 is 1.94 bits per heavy atom. The lowest BCUT2D eigenvalue weighted by atomic mass is 10.2. The number of ether oxygens (including phenoxy) is 1. The second kappa shape index (κ2) is 4.44. The van der Waals surface area contributed by atoms with Crippen LogP contribution in [0.1, 0.15) is 0 Å². The van der Waals surface area contributed by atoms with Crippen molar-refractivity contribution >= 4 is 21.2 Å². The molecular weight excluding hydrogens is 240 g/mol. The average Bonchev–Trinajstić information content (AvgIpc) is 2.29. The fraction of sp³-hybridized carbons (Fsp3) is 0.455. The van der Waals surface area contributed by atoms with Crippen molar-refractivity contribution in [3.63, 3.8) is 0 Å². The van der Waals surface area contributed by atoms with Gasteiger partial charge in [-0.1, -0.05) is 0 Å². The molecule has 0 amide bonds. The van der Waals surface area contributed by atoms with Gasteiger partial charge in [-0.05, 0) is 18.2 Å². The SMILES string of the molecule is COc1ccc(N2CCS(=O)(=O)CC2)cc1N. The molecule has 1 heterocycles. The first kappa shape index (κ1) is 12.0. The van der Waals surface area contributed by atoms with Crippen LogP contribution >= 0.6 is 0 Å². The van der Waals surface area contributed by atoms with Crippen LogP contribution in [0, 0.1) is 0 Å². The van der Waals surface area contributed by atoms with Gasteiger partial charge in [0.15, 0.2) is 9.84 Å². The Hall–Kier alpha value is -1.43. The van der Waals surface area contributed by atoms with Gasteiger partial charge in [-0.2, -0.15) is 0 Å². The standard InChI is InChI=1S/C11H16N2O3S/c1-16-11-3-2-9(8-10(11)12)13-4-6-17(14,15)7-5-13/h2-3,8H,4-7,12H2,1H3. The van der Waals surface area contributed by atoms with Gasteiger partial charge in [0.2, 0.25) is 0 Å². The summed E-state index contributed by atoms with van der Waals surface area (Å²) < 4.78 is 27.7. The zero-order valence-corrected chi connectivity index (χ0v) is 10.5. The van der Waals surface area contributed by atoms with Crippen LogP contribution < -0.4 is 15.4 Å². The number of nitrogen functional groups attached to an aromatic ring is 1. The second-order valence-corrected chi connectivity index (χ2v) is 6.37. The summed E-state index contributed by atoms with van der Waals surface area (Å²) in [5.41, 5.74) is 7.33. The Kier molecular flexibility index (Phi) is 3.15. The third-order valence-corrected chi connectivity index (χ3v) is 4.53. The predicted octanol–water partition coefficient (Wildman–Crippen LogP) is 0.512. The molecule has 1 saturated heterocycles. The summed E-state index contributed by atoms with van der Waals surface area (Å²) in [6.07, 6.45) is 0. The number of nitrogens with zero attached hydrogens (tertiary/aromatic N) is 1. The molecule has 0 aromatic heterocycles. The fourth-order valence-electron chi connectivity index (χ4n) is 1.89. The quantitative estimate of drug-likeness (QED) is 0.781. The summed E-state index contributed by atoms with van der Waals surface area (Å²) in [5, 5.41) is 0. The van der Waals surface area contributed by atoms with E-state index in [-0.39, 0.29) is 11.5 Å². The van der Waals surface area contributed by atoms with E-state index in [0.29, 0.717) is 24.5 Å². The molecule has 1 fully saturated rings. The van der Waals surface area contributed by atoms with Crippen LogP contribution in [0.4, 0.5) is 11.4 Å². The van der Waals surface area contributed by atoms with Crippen LogP contribution in [0.2, 0.25) is 0 Å². The van der Waals surface area contributed by atoms with Crippen molar-refractivity contribution in [1.29, 1.82) is 0 Å². The highest BCUT2D eigenvalue weighted by Gasteiger charge is 2.21. The minimum Gasteiger partial charge on any atom is -0.495 e. The van der Waals surface area contributed by atoms with Crippen molar-refractivity contribution < 1.29 is 13.2 Å². The van der Waals surface area contributed by atoms with Gasteiger partial charge in [-0.15, -0.1) is 0 Å². The number of hydrogen-bond donors (Lipinski definition) is 1. The van der Waals surface area contributed by atoms with Crippen LogP contribution in [-0.2, 0) is 9.84 Å². The van der Waals surface area contributed by atoms with Gasteiger partial charge in [-0.25, -0.2) is 8.42 Å². The van der Waals surface area contributed by atoms with Crippen LogP contribution in [0.5, 0.6) is 5.75 Å². The van der Waals surface area contributed by atoms with Crippen molar-refractivity contribution in [2.24, 2.45) is 0 Å². The summed E-state index contributed by atoms with van der Waals surface area (Å²) in [4.78, 5) is 2.02. The summed E-state index contributed by atoms with van der Waals surface area (Å²) in [6.45, 7) is 1.04. The van der Waals surface area contributed by atoms with Gasteiger partial charge in [0.25, 0.3) is 0 Å². The van der Waals surface area contributed by atoms with E-state index < -0.39 is 9.84 Å². The maximum atomic E-state index is 11.3. The van der Waals surface area contributed by atoms with E-state index in [9.17, 15) is 8.42 Å². The molecular formula is C11H16N2O3S. The molecule has 5 nitrogen and oxygen atoms in total. The van der Waals surface area contributed by atoms with Crippen molar-refractivity contribution in [3.8, 4) is 5.75 Å². The molecule has 0 bridgehead atoms. The lowest BCUT2D eigenvalue weighted by Gasteiger charge is -2.29. The number of methoxy groups -OCH3 is 1. The monoisotopic (exact) mass is 256 g/mol. The first-order valence-corrected chi connectivity index (χ1v) is 7.23. The molecule has 0 unspecified atom stereocenters. The average molecular weight is 256 g/mol. The predicted molar refractivity (Wildman–Crippen MR) is 68.3 cm³/mol. The molecule has 0 atom stereocenters. The maximum Gasteiger partial charge on any atom is 0.153 e. The lowest BCUT2D eigenvalue weighted by Crippen LogP contribution is -2.40. The zero-order chi connectivity index (χ0) is 12.5. The van der Waals surface area contributed by atoms with Crippen molar-refractivity contribution in [2.75, 3.05) is 42.3 Å². The minimum absolute atomic E-state index is 0.207. The van der Waals surface area contributed by atoms with Gasteiger partial charge in [0.05, 0.1) is 24.3 Å². The second-order valence-electron chi connectivity index (χ2n) is 4.07. The van der Waals surface area contributed by atoms with Crippen molar-refractivity contribution in [3.05, 3.63) is 18.2 Å². The number of benzene rings is 1. The van der Waals surface area contributed by atoms with Gasteiger partial charge >= 0.3 is 0 Å². The molecule has 17 heavy (non-hydrogen) atoms. The van der Waals surface area contributed by atoms with Gasteiger partial charge < -0.3 is 15.4 Å². The van der Waals surface area contributed by atoms with Crippen LogP contribution in [-0.4, -0.2) is 40.1 Å². The molecule has 2 N–H and O–H groups in total. The Morgan fingerprint density at radius 3 is 2.47 bits per heavy atom. The third-order valence-electron chi connectivity index (χ3n) is 2.92. The summed E-state index contributed by atoms with van der Waals surface area (Å²) >= 11 is 0. The topological polar surface area (TPSA) is 72.6 Å². The molecule has 0 radical (unpaired) electrons. The van der Waals surface area contributed by atoms with Crippen LogP contribution in [0.15, 0.2) is 18.2 Å². The highest BCUT2D eigenvalue weighted by Crippen LogP contribution is 2.27. The highest BCUT2D eigenvalue weighted by atomic mass is 32.2. The Labute approximate surface area is 101 Å². The molecule has 1 aliphatic rings. The molecule has 1 aromatic carbocycles. The van der Waals surface area contributed by atoms with Crippen LogP contribution in [0.25, 0.3) is 0 Å². The Morgan fingerprint density at radius 1 is 1.29 bits per heavy atom. The number of anilines is 2. The molecule has 2 rings (SSSR count). The number of sulfone groups is 1. The van der Waals surface area contributed by atoms with E-state index in [1.807, 2.05) is 17.0 Å². The van der Waals surface area contributed by atoms with E-state index in [0.717, 1.165) is 5.69 Å². The maximum absolute atomic E-state index is 11.3. The summed E-state index contributed by atoms with van der Waals surface area (Å²) in [5.74, 6) is 1.05. The summed E-state index contributed by atoms with van der Waals surface area (Å²) in [7, 11) is -1.28. The lowest BCUT2D eigenvalue weighted by molar-refractivity contribution is 0.417. The molecule has 94 valence electrons.